The smallest absolute Gasteiger partial charge is 0.305 e. The van der Waals surface area contributed by atoms with Crippen molar-refractivity contribution in [1.82, 2.24) is 20.2 Å². The lowest BCUT2D eigenvalue weighted by Gasteiger charge is -2.13. The van der Waals surface area contributed by atoms with Crippen LogP contribution in [0.5, 0.6) is 5.75 Å². The van der Waals surface area contributed by atoms with Crippen LogP contribution >= 0.6 is 0 Å². The van der Waals surface area contributed by atoms with Gasteiger partial charge in [0.25, 0.3) is 0 Å². The summed E-state index contributed by atoms with van der Waals surface area (Å²) in [4.78, 5) is 10.8. The zero-order chi connectivity index (χ0) is 14.5. The summed E-state index contributed by atoms with van der Waals surface area (Å²) in [6, 6.07) is 7.06. The van der Waals surface area contributed by atoms with Crippen LogP contribution in [0.1, 0.15) is 26.3 Å². The first-order valence-corrected chi connectivity index (χ1v) is 6.35. The highest BCUT2D eigenvalue weighted by molar-refractivity contribution is 5.68. The van der Waals surface area contributed by atoms with Gasteiger partial charge in [-0.25, -0.2) is 4.68 Å². The third-order valence-electron chi connectivity index (χ3n) is 2.81. The summed E-state index contributed by atoms with van der Waals surface area (Å²) in [7, 11) is 0. The first-order valence-electron chi connectivity index (χ1n) is 6.35. The minimum absolute atomic E-state index is 0.0468. The second-order valence-electron chi connectivity index (χ2n) is 4.32. The van der Waals surface area contributed by atoms with Gasteiger partial charge in [-0.05, 0) is 36.4 Å². The lowest BCUT2D eigenvalue weighted by atomic mass is 10.1. The fourth-order valence-corrected chi connectivity index (χ4v) is 1.94. The van der Waals surface area contributed by atoms with E-state index in [1.165, 1.54) is 4.68 Å². The van der Waals surface area contributed by atoms with Gasteiger partial charge in [-0.3, -0.25) is 4.79 Å². The van der Waals surface area contributed by atoms with Gasteiger partial charge in [0.15, 0.2) is 5.82 Å². The molecule has 0 aliphatic heterocycles. The molecule has 7 nitrogen and oxygen atoms in total. The van der Waals surface area contributed by atoms with Gasteiger partial charge in [0.1, 0.15) is 5.75 Å². The number of carboxylic acids is 1. The summed E-state index contributed by atoms with van der Waals surface area (Å²) in [5.74, 6) is 0.286. The average molecular weight is 276 g/mol. The van der Waals surface area contributed by atoms with Crippen molar-refractivity contribution in [2.75, 3.05) is 6.61 Å². The van der Waals surface area contributed by atoms with Crippen LogP contribution in [0.4, 0.5) is 0 Å². The van der Waals surface area contributed by atoms with E-state index in [-0.39, 0.29) is 12.5 Å². The van der Waals surface area contributed by atoms with Crippen molar-refractivity contribution < 1.29 is 14.6 Å². The number of benzene rings is 1. The van der Waals surface area contributed by atoms with E-state index >= 15 is 0 Å². The molecule has 1 unspecified atom stereocenters. The maximum atomic E-state index is 10.8. The number of carbonyl (C=O) groups is 1. The highest BCUT2D eigenvalue weighted by atomic mass is 16.5. The van der Waals surface area contributed by atoms with E-state index in [0.717, 1.165) is 5.56 Å². The van der Waals surface area contributed by atoms with Crippen LogP contribution in [0.25, 0.3) is 11.4 Å². The Labute approximate surface area is 116 Å². The minimum Gasteiger partial charge on any atom is -0.493 e. The largest absolute Gasteiger partial charge is 0.493 e. The van der Waals surface area contributed by atoms with E-state index in [0.29, 0.717) is 18.2 Å². The molecule has 0 radical (unpaired) electrons. The zero-order valence-electron chi connectivity index (χ0n) is 11.4. The third-order valence-corrected chi connectivity index (χ3v) is 2.81. The molecule has 0 saturated heterocycles. The Morgan fingerprint density at radius 2 is 2.20 bits per heavy atom. The predicted molar refractivity (Wildman–Crippen MR) is 71.4 cm³/mol. The van der Waals surface area contributed by atoms with Gasteiger partial charge in [-0.15, -0.1) is 5.10 Å². The average Bonchev–Trinajstić information content (AvgIpc) is 2.88. The molecule has 1 aromatic carbocycles. The van der Waals surface area contributed by atoms with E-state index in [2.05, 4.69) is 15.5 Å². The fraction of sp³-hybridized carbons (Fsp3) is 0.385. The Kier molecular flexibility index (Phi) is 4.29. The number of hydrogen-bond acceptors (Lipinski definition) is 5. The quantitative estimate of drug-likeness (QED) is 0.864. The van der Waals surface area contributed by atoms with Gasteiger partial charge in [0.2, 0.25) is 0 Å². The number of aromatic nitrogens is 4. The summed E-state index contributed by atoms with van der Waals surface area (Å²) in [5.41, 5.74) is 0.747. The van der Waals surface area contributed by atoms with Gasteiger partial charge in [0.05, 0.1) is 24.6 Å². The number of rotatable bonds is 6. The minimum atomic E-state index is -0.892. The van der Waals surface area contributed by atoms with Crippen LogP contribution in [0, 0.1) is 0 Å². The molecule has 106 valence electrons. The monoisotopic (exact) mass is 276 g/mol. The van der Waals surface area contributed by atoms with Crippen molar-refractivity contribution >= 4 is 5.97 Å². The zero-order valence-corrected chi connectivity index (χ0v) is 11.4. The Hall–Kier alpha value is -2.44. The van der Waals surface area contributed by atoms with Gasteiger partial charge in [-0.1, -0.05) is 12.1 Å². The van der Waals surface area contributed by atoms with Crippen molar-refractivity contribution in [3.05, 3.63) is 24.3 Å². The number of tetrazole rings is 1. The molecule has 1 heterocycles. The van der Waals surface area contributed by atoms with E-state index in [1.54, 1.807) is 6.92 Å². The lowest BCUT2D eigenvalue weighted by molar-refractivity contribution is -0.137. The number of nitrogens with zero attached hydrogens (tertiary/aromatic N) is 4. The Morgan fingerprint density at radius 3 is 2.90 bits per heavy atom. The summed E-state index contributed by atoms with van der Waals surface area (Å²) in [5, 5.41) is 20.4. The van der Waals surface area contributed by atoms with Crippen LogP contribution in [-0.4, -0.2) is 37.9 Å². The van der Waals surface area contributed by atoms with E-state index in [4.69, 9.17) is 9.84 Å². The molecule has 0 amide bonds. The highest BCUT2D eigenvalue weighted by Crippen LogP contribution is 2.29. The SMILES string of the molecule is CCOc1ccccc1-c1nnnn1C(C)CC(=O)O. The van der Waals surface area contributed by atoms with E-state index < -0.39 is 5.97 Å². The molecule has 2 rings (SSSR count). The molecule has 2 aromatic rings. The number of aliphatic carboxylic acids is 1. The van der Waals surface area contributed by atoms with Crippen molar-refractivity contribution in [2.45, 2.75) is 26.3 Å². The Morgan fingerprint density at radius 1 is 1.45 bits per heavy atom. The fourth-order valence-electron chi connectivity index (χ4n) is 1.94. The third kappa shape index (κ3) is 2.93. The normalized spacial score (nSPS) is 12.1. The van der Waals surface area contributed by atoms with Gasteiger partial charge in [-0.2, -0.15) is 0 Å². The Balaban J connectivity index is 2.39. The topological polar surface area (TPSA) is 90.1 Å². The molecule has 0 fully saturated rings. The van der Waals surface area contributed by atoms with Crippen LogP contribution in [0.3, 0.4) is 0 Å². The van der Waals surface area contributed by atoms with Crippen molar-refractivity contribution in [3.8, 4) is 17.1 Å². The van der Waals surface area contributed by atoms with Crippen molar-refractivity contribution in [2.24, 2.45) is 0 Å². The number of hydrogen-bond donors (Lipinski definition) is 1. The molecule has 20 heavy (non-hydrogen) atoms. The van der Waals surface area contributed by atoms with E-state index in [9.17, 15) is 4.79 Å². The summed E-state index contributed by atoms with van der Waals surface area (Å²) in [6.45, 7) is 4.19. The second-order valence-corrected chi connectivity index (χ2v) is 4.32. The Bertz CT molecular complexity index is 597. The first-order chi connectivity index (χ1) is 9.63. The summed E-state index contributed by atoms with van der Waals surface area (Å²) < 4.78 is 7.06. The lowest BCUT2D eigenvalue weighted by Crippen LogP contribution is -2.13. The molecule has 0 aliphatic carbocycles. The molecule has 1 N–H and O–H groups in total. The molecular weight excluding hydrogens is 260 g/mol. The second kappa shape index (κ2) is 6.14. The maximum Gasteiger partial charge on any atom is 0.305 e. The van der Waals surface area contributed by atoms with Gasteiger partial charge >= 0.3 is 5.97 Å². The van der Waals surface area contributed by atoms with Crippen molar-refractivity contribution in [3.63, 3.8) is 0 Å². The van der Waals surface area contributed by atoms with Crippen LogP contribution in [0.2, 0.25) is 0 Å². The maximum absolute atomic E-state index is 10.8. The predicted octanol–water partition coefficient (Wildman–Crippen LogP) is 1.77. The molecule has 1 aromatic heterocycles. The molecule has 0 bridgehead atoms. The molecular formula is C13H16N4O3. The molecule has 0 spiro atoms. The number of carboxylic acid groups (broad SMARTS) is 1. The molecule has 0 saturated carbocycles. The van der Waals surface area contributed by atoms with Crippen LogP contribution in [0.15, 0.2) is 24.3 Å². The van der Waals surface area contributed by atoms with Gasteiger partial charge in [0, 0.05) is 0 Å². The van der Waals surface area contributed by atoms with Gasteiger partial charge < -0.3 is 9.84 Å². The molecule has 7 heteroatoms. The number of para-hydroxylation sites is 1. The summed E-state index contributed by atoms with van der Waals surface area (Å²) >= 11 is 0. The molecule has 0 aliphatic rings. The molecule has 1 atom stereocenters. The van der Waals surface area contributed by atoms with Crippen LogP contribution < -0.4 is 4.74 Å². The van der Waals surface area contributed by atoms with Crippen LogP contribution in [-0.2, 0) is 4.79 Å². The summed E-state index contributed by atoms with van der Waals surface area (Å²) in [6.07, 6.45) is -0.0468. The highest BCUT2D eigenvalue weighted by Gasteiger charge is 2.19. The first kappa shape index (κ1) is 14.0. The van der Waals surface area contributed by atoms with E-state index in [1.807, 2.05) is 31.2 Å². The standard InChI is InChI=1S/C13H16N4O3/c1-3-20-11-7-5-4-6-10(11)13-14-15-16-17(13)9(2)8-12(18)19/h4-7,9H,3,8H2,1-2H3,(H,18,19). The van der Waals surface area contributed by atoms with Crippen molar-refractivity contribution in [1.29, 1.82) is 0 Å². The number of ether oxygens (including phenoxy) is 1.